The minimum absolute atomic E-state index is 0.0137. The van der Waals surface area contributed by atoms with Gasteiger partial charge in [0.2, 0.25) is 11.8 Å². The van der Waals surface area contributed by atoms with Crippen molar-refractivity contribution in [2.45, 2.75) is 91.5 Å². The van der Waals surface area contributed by atoms with Gasteiger partial charge in [0.25, 0.3) is 0 Å². The number of amides is 2. The van der Waals surface area contributed by atoms with E-state index in [0.29, 0.717) is 43.3 Å². The van der Waals surface area contributed by atoms with Crippen LogP contribution in [0.15, 0.2) is 30.4 Å². The lowest BCUT2D eigenvalue weighted by molar-refractivity contribution is -0.137. The Bertz CT molecular complexity index is 974. The van der Waals surface area contributed by atoms with E-state index in [2.05, 4.69) is 46.5 Å². The van der Waals surface area contributed by atoms with Gasteiger partial charge in [0.05, 0.1) is 0 Å². The number of nitrogens with one attached hydrogen (secondary N) is 1. The first-order valence-corrected chi connectivity index (χ1v) is 13.3. The van der Waals surface area contributed by atoms with Crippen molar-refractivity contribution in [3.8, 4) is 0 Å². The summed E-state index contributed by atoms with van der Waals surface area (Å²) in [5.74, 6) is -0.871. The first kappa shape index (κ1) is 28.3. The van der Waals surface area contributed by atoms with Crippen LogP contribution in [0.25, 0.3) is 0 Å². The maximum Gasteiger partial charge on any atom is 0.226 e. The molecule has 3 atom stereocenters. The molecule has 2 amide bonds. The zero-order valence-electron chi connectivity index (χ0n) is 22.9. The second-order valence-electron chi connectivity index (χ2n) is 13.0. The van der Waals surface area contributed by atoms with Gasteiger partial charge in [0.1, 0.15) is 11.6 Å². The van der Waals surface area contributed by atoms with Crippen LogP contribution in [0.5, 0.6) is 0 Å². The topological polar surface area (TPSA) is 49.4 Å². The van der Waals surface area contributed by atoms with Gasteiger partial charge >= 0.3 is 0 Å². The molecule has 1 unspecified atom stereocenters. The van der Waals surface area contributed by atoms with Gasteiger partial charge < -0.3 is 10.2 Å². The van der Waals surface area contributed by atoms with E-state index in [1.165, 1.54) is 12.1 Å². The quantitative estimate of drug-likeness (QED) is 0.427. The van der Waals surface area contributed by atoms with Crippen LogP contribution >= 0.6 is 0 Å². The average molecular weight is 503 g/mol. The summed E-state index contributed by atoms with van der Waals surface area (Å²) in [5.41, 5.74) is 1.24. The smallest absolute Gasteiger partial charge is 0.226 e. The fourth-order valence-corrected chi connectivity index (χ4v) is 6.58. The molecule has 1 aliphatic carbocycles. The van der Waals surface area contributed by atoms with Gasteiger partial charge in [-0.1, -0.05) is 39.0 Å². The van der Waals surface area contributed by atoms with Crippen LogP contribution in [0.3, 0.4) is 0 Å². The highest BCUT2D eigenvalue weighted by atomic mass is 19.1. The second-order valence-corrected chi connectivity index (χ2v) is 13.0. The monoisotopic (exact) mass is 502 g/mol. The van der Waals surface area contributed by atoms with E-state index in [1.54, 1.807) is 6.92 Å². The van der Waals surface area contributed by atoms with Crippen molar-refractivity contribution in [3.05, 3.63) is 47.5 Å². The number of benzene rings is 1. The Hall–Kier alpha value is -2.24. The number of allylic oxidation sites excluding steroid dienone is 1. The minimum atomic E-state index is -0.607. The highest BCUT2D eigenvalue weighted by Crippen LogP contribution is 2.45. The summed E-state index contributed by atoms with van der Waals surface area (Å²) in [5, 5.41) is 3.11. The molecule has 0 spiro atoms. The van der Waals surface area contributed by atoms with E-state index in [4.69, 9.17) is 0 Å². The number of hydrogen-bond donors (Lipinski definition) is 1. The molecule has 1 saturated heterocycles. The van der Waals surface area contributed by atoms with Crippen molar-refractivity contribution in [2.24, 2.45) is 23.2 Å². The lowest BCUT2D eigenvalue weighted by atomic mass is 9.70. The molecular weight excluding hydrogens is 458 g/mol. The Balaban J connectivity index is 1.69. The van der Waals surface area contributed by atoms with Crippen molar-refractivity contribution in [1.82, 2.24) is 10.2 Å². The molecule has 4 nitrogen and oxygen atoms in total. The Morgan fingerprint density at radius 2 is 1.72 bits per heavy atom. The normalized spacial score (nSPS) is 22.6. The van der Waals surface area contributed by atoms with Gasteiger partial charge in [0.15, 0.2) is 0 Å². The summed E-state index contributed by atoms with van der Waals surface area (Å²) < 4.78 is 28.1. The SMILES string of the molecule is C=C1C[C@@H](C(=O)N2CCC(C(CC(C)(C)C)CC(C)(C)NC(C)=O)CC2)[C@H](c2ccc(F)cc2F)C1. The van der Waals surface area contributed by atoms with Gasteiger partial charge in [-0.05, 0) is 81.3 Å². The predicted octanol–water partition coefficient (Wildman–Crippen LogP) is 6.61. The predicted molar refractivity (Wildman–Crippen MR) is 140 cm³/mol. The second kappa shape index (κ2) is 11.0. The van der Waals surface area contributed by atoms with Crippen molar-refractivity contribution < 1.29 is 18.4 Å². The highest BCUT2D eigenvalue weighted by molar-refractivity contribution is 5.81. The van der Waals surface area contributed by atoms with Gasteiger partial charge in [-0.3, -0.25) is 9.59 Å². The summed E-state index contributed by atoms with van der Waals surface area (Å²) in [6.45, 7) is 18.0. The van der Waals surface area contributed by atoms with Gasteiger partial charge in [-0.25, -0.2) is 8.78 Å². The summed E-state index contributed by atoms with van der Waals surface area (Å²) in [4.78, 5) is 27.3. The molecule has 1 aliphatic heterocycles. The molecule has 1 saturated carbocycles. The first-order chi connectivity index (χ1) is 16.6. The number of halogens is 2. The zero-order chi connectivity index (χ0) is 26.8. The van der Waals surface area contributed by atoms with Crippen molar-refractivity contribution in [3.63, 3.8) is 0 Å². The molecular formula is C30H44F2N2O2. The van der Waals surface area contributed by atoms with Crippen LogP contribution in [0, 0.1) is 34.8 Å². The van der Waals surface area contributed by atoms with E-state index in [1.807, 2.05) is 4.90 Å². The Morgan fingerprint density at radius 3 is 2.28 bits per heavy atom. The number of nitrogens with zero attached hydrogens (tertiary/aromatic N) is 1. The molecule has 2 aliphatic rings. The number of rotatable bonds is 7. The van der Waals surface area contributed by atoms with Gasteiger partial charge in [0, 0.05) is 43.5 Å². The van der Waals surface area contributed by atoms with Gasteiger partial charge in [-0.15, -0.1) is 0 Å². The van der Waals surface area contributed by atoms with E-state index < -0.39 is 11.6 Å². The molecule has 36 heavy (non-hydrogen) atoms. The summed E-state index contributed by atoms with van der Waals surface area (Å²) in [6, 6.07) is 3.65. The molecule has 3 rings (SSSR count). The third kappa shape index (κ3) is 7.39. The average Bonchev–Trinajstić information content (AvgIpc) is 3.12. The molecule has 2 fully saturated rings. The van der Waals surface area contributed by atoms with Crippen LogP contribution < -0.4 is 5.32 Å². The maximum absolute atomic E-state index is 14.6. The van der Waals surface area contributed by atoms with Crippen LogP contribution in [0.4, 0.5) is 8.78 Å². The van der Waals surface area contributed by atoms with Crippen LogP contribution in [-0.4, -0.2) is 35.3 Å². The number of carbonyl (C=O) groups is 2. The first-order valence-electron chi connectivity index (χ1n) is 13.3. The van der Waals surface area contributed by atoms with Crippen LogP contribution in [0.2, 0.25) is 0 Å². The molecule has 1 N–H and O–H groups in total. The highest BCUT2D eigenvalue weighted by Gasteiger charge is 2.41. The Kier molecular flexibility index (Phi) is 8.67. The lowest BCUT2D eigenvalue weighted by Crippen LogP contribution is -2.47. The van der Waals surface area contributed by atoms with Crippen molar-refractivity contribution in [1.29, 1.82) is 0 Å². The molecule has 0 aromatic heterocycles. The molecule has 200 valence electrons. The van der Waals surface area contributed by atoms with E-state index in [0.717, 1.165) is 37.3 Å². The van der Waals surface area contributed by atoms with E-state index in [-0.39, 0.29) is 34.6 Å². The maximum atomic E-state index is 14.6. The van der Waals surface area contributed by atoms with Gasteiger partial charge in [-0.2, -0.15) is 0 Å². The van der Waals surface area contributed by atoms with Crippen molar-refractivity contribution in [2.75, 3.05) is 13.1 Å². The molecule has 6 heteroatoms. The third-order valence-electron chi connectivity index (χ3n) is 7.86. The van der Waals surface area contributed by atoms with Crippen LogP contribution in [-0.2, 0) is 9.59 Å². The number of carbonyl (C=O) groups excluding carboxylic acids is 2. The zero-order valence-corrected chi connectivity index (χ0v) is 22.9. The fourth-order valence-electron chi connectivity index (χ4n) is 6.58. The van der Waals surface area contributed by atoms with E-state index in [9.17, 15) is 18.4 Å². The summed E-state index contributed by atoms with van der Waals surface area (Å²) in [7, 11) is 0. The van der Waals surface area contributed by atoms with Crippen LogP contribution in [0.1, 0.15) is 91.5 Å². The standard InChI is InChI=1S/C30H44F2N2O2/c1-19-14-25(24-9-8-23(31)16-27(24)32)26(15-19)28(36)34-12-10-21(11-13-34)22(17-29(3,4)5)18-30(6,7)33-20(2)35/h8-9,16,21-22,25-26H,1,10-15,17-18H2,2-7H3,(H,33,35)/t22?,25-,26+/m0/s1. The summed E-state index contributed by atoms with van der Waals surface area (Å²) in [6.07, 6.45) is 4.91. The van der Waals surface area contributed by atoms with Crippen molar-refractivity contribution >= 4 is 11.8 Å². The fraction of sp³-hybridized carbons (Fsp3) is 0.667. The molecule has 0 bridgehead atoms. The summed E-state index contributed by atoms with van der Waals surface area (Å²) >= 11 is 0. The lowest BCUT2D eigenvalue weighted by Gasteiger charge is -2.42. The molecule has 0 radical (unpaired) electrons. The Morgan fingerprint density at radius 1 is 1.08 bits per heavy atom. The Labute approximate surface area is 215 Å². The largest absolute Gasteiger partial charge is 0.351 e. The number of hydrogen-bond acceptors (Lipinski definition) is 2. The third-order valence-corrected chi connectivity index (χ3v) is 7.86. The molecule has 1 heterocycles. The minimum Gasteiger partial charge on any atom is -0.351 e. The molecule has 1 aromatic rings. The number of piperidine rings is 1. The number of likely N-dealkylation sites (tertiary alicyclic amines) is 1. The molecule has 1 aromatic carbocycles. The van der Waals surface area contributed by atoms with E-state index >= 15 is 0 Å².